The molecule has 2 rings (SSSR count). The lowest BCUT2D eigenvalue weighted by molar-refractivity contribution is 1.23. The molecule has 0 unspecified atom stereocenters. The highest BCUT2D eigenvalue weighted by atomic mass is 14.2. The maximum atomic E-state index is 2.23. The topological polar surface area (TPSA) is 0 Å². The third kappa shape index (κ3) is 3.08. The highest BCUT2D eigenvalue weighted by Gasteiger charge is 2.11. The zero-order valence-electron chi connectivity index (χ0n) is 12.6. The first-order valence-corrected chi connectivity index (χ1v) is 7.25. The first kappa shape index (κ1) is 14.3. The summed E-state index contributed by atoms with van der Waals surface area (Å²) >= 11 is 0. The number of allylic oxidation sites excluding steroid dienone is 4. The molecule has 0 heterocycles. The third-order valence-corrected chi connectivity index (χ3v) is 3.67. The van der Waals surface area contributed by atoms with Crippen molar-refractivity contribution < 1.29 is 0 Å². The Morgan fingerprint density at radius 3 is 1.80 bits per heavy atom. The Morgan fingerprint density at radius 2 is 1.35 bits per heavy atom. The first-order chi connectivity index (χ1) is 9.77. The summed E-state index contributed by atoms with van der Waals surface area (Å²) < 4.78 is 0. The van der Waals surface area contributed by atoms with Gasteiger partial charge in [-0.05, 0) is 48.1 Å². The van der Waals surface area contributed by atoms with Gasteiger partial charge in [0.15, 0.2) is 0 Å². The van der Waals surface area contributed by atoms with E-state index in [9.17, 15) is 0 Å². The van der Waals surface area contributed by atoms with Gasteiger partial charge in [0.05, 0.1) is 0 Å². The second-order valence-electron chi connectivity index (χ2n) is 4.91. The molecular weight excluding hydrogens is 240 g/mol. The molecule has 0 saturated carbocycles. The van der Waals surface area contributed by atoms with Crippen LogP contribution in [0.5, 0.6) is 0 Å². The average Bonchev–Trinajstić information content (AvgIpc) is 2.53. The molecule has 0 aromatic heterocycles. The maximum absolute atomic E-state index is 2.23. The third-order valence-electron chi connectivity index (χ3n) is 3.67. The Balaban J connectivity index is 2.68. The fourth-order valence-electron chi connectivity index (χ4n) is 2.55. The Bertz CT molecular complexity index is 601. The molecule has 0 bridgehead atoms. The lowest BCUT2D eigenvalue weighted by Crippen LogP contribution is -1.94. The van der Waals surface area contributed by atoms with E-state index in [0.29, 0.717) is 0 Å². The van der Waals surface area contributed by atoms with Gasteiger partial charge in [-0.25, -0.2) is 0 Å². The highest BCUT2D eigenvalue weighted by molar-refractivity contribution is 5.97. The number of benzene rings is 2. The Labute approximate surface area is 122 Å². The molecule has 2 aromatic rings. The molecular formula is C20H22. The molecule has 0 N–H and O–H groups in total. The van der Waals surface area contributed by atoms with Gasteiger partial charge >= 0.3 is 0 Å². The van der Waals surface area contributed by atoms with E-state index in [2.05, 4.69) is 87.5 Å². The van der Waals surface area contributed by atoms with Crippen LogP contribution in [0.3, 0.4) is 0 Å². The van der Waals surface area contributed by atoms with Gasteiger partial charge in [-0.1, -0.05) is 73.7 Å². The van der Waals surface area contributed by atoms with Gasteiger partial charge in [0.2, 0.25) is 0 Å². The normalized spacial score (nSPS) is 13.1. The van der Waals surface area contributed by atoms with Gasteiger partial charge in [0, 0.05) is 0 Å². The molecule has 0 aliphatic heterocycles. The molecule has 0 spiro atoms. The molecule has 0 nitrogen and oxygen atoms in total. The largest absolute Gasteiger partial charge is 0.0841 e. The highest BCUT2D eigenvalue weighted by Crippen LogP contribution is 2.33. The molecule has 0 atom stereocenters. The Morgan fingerprint density at radius 1 is 0.850 bits per heavy atom. The van der Waals surface area contributed by atoms with Gasteiger partial charge in [-0.3, -0.25) is 0 Å². The van der Waals surface area contributed by atoms with Gasteiger partial charge in [-0.15, -0.1) is 0 Å². The molecule has 0 aliphatic carbocycles. The summed E-state index contributed by atoms with van der Waals surface area (Å²) in [6, 6.07) is 21.4. The monoisotopic (exact) mass is 262 g/mol. The minimum Gasteiger partial charge on any atom is -0.0841 e. The second kappa shape index (κ2) is 6.91. The quantitative estimate of drug-likeness (QED) is 0.470. The van der Waals surface area contributed by atoms with Crippen molar-refractivity contribution in [3.05, 3.63) is 83.4 Å². The molecule has 0 fully saturated rings. The van der Waals surface area contributed by atoms with Crippen LogP contribution in [0.1, 0.15) is 38.3 Å². The van der Waals surface area contributed by atoms with Gasteiger partial charge in [-0.2, -0.15) is 0 Å². The summed E-state index contributed by atoms with van der Waals surface area (Å²) in [6.45, 7) is 6.53. The van der Waals surface area contributed by atoms with Crippen LogP contribution in [0.2, 0.25) is 0 Å². The SMILES string of the molecule is CC=C(C)C(=C(CC)c1ccccc1)c1ccccc1. The predicted octanol–water partition coefficient (Wildman–Crippen LogP) is 5.97. The van der Waals surface area contributed by atoms with Crippen molar-refractivity contribution in [2.24, 2.45) is 0 Å². The molecule has 0 radical (unpaired) electrons. The fraction of sp³-hybridized carbons (Fsp3) is 0.200. The standard InChI is InChI=1S/C20H22/c1-4-16(3)20(18-14-10-7-11-15-18)19(5-2)17-12-8-6-9-13-17/h4,6-15H,5H2,1-3H3. The predicted molar refractivity (Wildman–Crippen MR) is 89.4 cm³/mol. The van der Waals surface area contributed by atoms with Crippen molar-refractivity contribution in [1.29, 1.82) is 0 Å². The molecule has 0 aliphatic rings. The van der Waals surface area contributed by atoms with E-state index in [1.165, 1.54) is 27.8 Å². The van der Waals surface area contributed by atoms with E-state index >= 15 is 0 Å². The molecule has 0 amide bonds. The summed E-state index contributed by atoms with van der Waals surface area (Å²) in [6.07, 6.45) is 3.22. The van der Waals surface area contributed by atoms with Crippen molar-refractivity contribution >= 4 is 11.1 Å². The van der Waals surface area contributed by atoms with E-state index in [0.717, 1.165) is 6.42 Å². The van der Waals surface area contributed by atoms with E-state index < -0.39 is 0 Å². The minimum atomic E-state index is 1.03. The lowest BCUT2D eigenvalue weighted by atomic mass is 9.88. The van der Waals surface area contributed by atoms with Crippen LogP contribution in [0.25, 0.3) is 11.1 Å². The van der Waals surface area contributed by atoms with E-state index in [1.54, 1.807) is 0 Å². The Hall–Kier alpha value is -2.08. The van der Waals surface area contributed by atoms with E-state index in [1.807, 2.05) is 0 Å². The van der Waals surface area contributed by atoms with Crippen LogP contribution in [0, 0.1) is 0 Å². The zero-order valence-corrected chi connectivity index (χ0v) is 12.6. The van der Waals surface area contributed by atoms with Crippen molar-refractivity contribution in [3.8, 4) is 0 Å². The molecule has 20 heavy (non-hydrogen) atoms. The number of hydrogen-bond donors (Lipinski definition) is 0. The molecule has 2 aromatic carbocycles. The summed E-state index contributed by atoms with van der Waals surface area (Å²) in [4.78, 5) is 0. The second-order valence-corrected chi connectivity index (χ2v) is 4.91. The van der Waals surface area contributed by atoms with E-state index in [4.69, 9.17) is 0 Å². The average molecular weight is 262 g/mol. The number of hydrogen-bond acceptors (Lipinski definition) is 0. The minimum absolute atomic E-state index is 1.03. The van der Waals surface area contributed by atoms with Crippen molar-refractivity contribution in [2.45, 2.75) is 27.2 Å². The zero-order chi connectivity index (χ0) is 14.4. The van der Waals surface area contributed by atoms with Crippen LogP contribution in [-0.2, 0) is 0 Å². The summed E-state index contributed by atoms with van der Waals surface area (Å²) in [5.74, 6) is 0. The van der Waals surface area contributed by atoms with Gasteiger partial charge in [0.1, 0.15) is 0 Å². The van der Waals surface area contributed by atoms with Crippen LogP contribution in [0.15, 0.2) is 72.3 Å². The smallest absolute Gasteiger partial charge is 0.0120 e. The van der Waals surface area contributed by atoms with Crippen LogP contribution in [0.4, 0.5) is 0 Å². The summed E-state index contributed by atoms with van der Waals surface area (Å²) in [5, 5.41) is 0. The fourth-order valence-corrected chi connectivity index (χ4v) is 2.55. The summed E-state index contributed by atoms with van der Waals surface area (Å²) in [7, 11) is 0. The molecule has 0 heteroatoms. The first-order valence-electron chi connectivity index (χ1n) is 7.25. The van der Waals surface area contributed by atoms with Crippen molar-refractivity contribution in [2.75, 3.05) is 0 Å². The molecule has 102 valence electrons. The van der Waals surface area contributed by atoms with Crippen LogP contribution >= 0.6 is 0 Å². The van der Waals surface area contributed by atoms with Crippen molar-refractivity contribution in [1.82, 2.24) is 0 Å². The van der Waals surface area contributed by atoms with Crippen molar-refractivity contribution in [3.63, 3.8) is 0 Å². The Kier molecular flexibility index (Phi) is 4.95. The van der Waals surface area contributed by atoms with E-state index in [-0.39, 0.29) is 0 Å². The number of rotatable bonds is 4. The van der Waals surface area contributed by atoms with Gasteiger partial charge < -0.3 is 0 Å². The summed E-state index contributed by atoms with van der Waals surface area (Å²) in [5.41, 5.74) is 6.71. The lowest BCUT2D eigenvalue weighted by Gasteiger charge is -2.16. The maximum Gasteiger partial charge on any atom is -0.0120 e. The van der Waals surface area contributed by atoms with Crippen LogP contribution < -0.4 is 0 Å². The molecule has 0 saturated heterocycles. The van der Waals surface area contributed by atoms with Crippen LogP contribution in [-0.4, -0.2) is 0 Å². The van der Waals surface area contributed by atoms with Gasteiger partial charge in [0.25, 0.3) is 0 Å².